The maximum Gasteiger partial charge on any atom is 0.348 e. The second kappa shape index (κ2) is 10.4. The highest BCUT2D eigenvalue weighted by molar-refractivity contribution is 7.18. The van der Waals surface area contributed by atoms with Crippen LogP contribution in [0.5, 0.6) is 0 Å². The van der Waals surface area contributed by atoms with Crippen LogP contribution in [0.1, 0.15) is 20.8 Å². The van der Waals surface area contributed by atoms with Crippen molar-refractivity contribution in [1.29, 1.82) is 5.26 Å². The molecule has 0 aliphatic rings. The van der Waals surface area contributed by atoms with Gasteiger partial charge < -0.3 is 18.9 Å². The zero-order valence-electron chi connectivity index (χ0n) is 15.1. The zero-order chi connectivity index (χ0) is 20.6. The third-order valence-electron chi connectivity index (χ3n) is 3.52. The number of ether oxygens (including phenoxy) is 4. The quantitative estimate of drug-likeness (QED) is 0.307. The van der Waals surface area contributed by atoms with Crippen LogP contribution in [0.2, 0.25) is 0 Å². The predicted molar refractivity (Wildman–Crippen MR) is 92.3 cm³/mol. The Bertz CT molecular complexity index is 738. The Kier molecular flexibility index (Phi) is 8.53. The second-order valence-electron chi connectivity index (χ2n) is 4.88. The molecule has 0 radical (unpaired) electrons. The Hall–Kier alpha value is -2.81. The van der Waals surface area contributed by atoms with E-state index in [1.165, 1.54) is 14.2 Å². The SMILES string of the molecule is COC(=O)Cc1c(C(=O)OC)sc(N(C(C=O)OC)C(C=O)OC)c1C#N. The summed E-state index contributed by atoms with van der Waals surface area (Å²) in [6.45, 7) is 0. The third-order valence-corrected chi connectivity index (χ3v) is 4.74. The summed E-state index contributed by atoms with van der Waals surface area (Å²) >= 11 is 0.765. The van der Waals surface area contributed by atoms with E-state index in [1.54, 1.807) is 0 Å². The molecule has 1 heterocycles. The van der Waals surface area contributed by atoms with E-state index in [9.17, 15) is 24.4 Å². The minimum atomic E-state index is -1.29. The molecule has 0 amide bonds. The van der Waals surface area contributed by atoms with Gasteiger partial charge in [0.25, 0.3) is 0 Å². The molecule has 2 atom stereocenters. The molecular weight excluding hydrogens is 380 g/mol. The average molecular weight is 398 g/mol. The first kappa shape index (κ1) is 22.2. The monoisotopic (exact) mass is 398 g/mol. The highest BCUT2D eigenvalue weighted by Gasteiger charge is 2.34. The maximum atomic E-state index is 12.1. The molecule has 0 N–H and O–H groups in total. The lowest BCUT2D eigenvalue weighted by molar-refractivity contribution is -0.139. The molecule has 0 bridgehead atoms. The number of nitrogens with zero attached hydrogens (tertiary/aromatic N) is 2. The van der Waals surface area contributed by atoms with Crippen LogP contribution in [0.4, 0.5) is 5.00 Å². The fourth-order valence-electron chi connectivity index (χ4n) is 2.24. The van der Waals surface area contributed by atoms with Crippen molar-refractivity contribution in [2.45, 2.75) is 18.9 Å². The fraction of sp³-hybridized carbons (Fsp3) is 0.438. The van der Waals surface area contributed by atoms with Crippen molar-refractivity contribution in [3.05, 3.63) is 16.0 Å². The van der Waals surface area contributed by atoms with Gasteiger partial charge in [0, 0.05) is 19.8 Å². The van der Waals surface area contributed by atoms with E-state index in [0.29, 0.717) is 12.6 Å². The van der Waals surface area contributed by atoms with E-state index in [4.69, 9.17) is 14.2 Å². The van der Waals surface area contributed by atoms with Gasteiger partial charge in [-0.3, -0.25) is 19.3 Å². The number of methoxy groups -OCH3 is 4. The molecule has 2 unspecified atom stereocenters. The molecule has 0 aliphatic carbocycles. The molecule has 27 heavy (non-hydrogen) atoms. The summed E-state index contributed by atoms with van der Waals surface area (Å²) in [7, 11) is 4.74. The van der Waals surface area contributed by atoms with Crippen molar-refractivity contribution in [2.75, 3.05) is 33.3 Å². The first-order chi connectivity index (χ1) is 12.9. The Balaban J connectivity index is 3.74. The van der Waals surface area contributed by atoms with Gasteiger partial charge in [-0.15, -0.1) is 11.3 Å². The van der Waals surface area contributed by atoms with E-state index in [0.717, 1.165) is 30.5 Å². The summed E-state index contributed by atoms with van der Waals surface area (Å²) in [5, 5.41) is 9.66. The summed E-state index contributed by atoms with van der Waals surface area (Å²) in [5.74, 6) is -1.48. The van der Waals surface area contributed by atoms with E-state index >= 15 is 0 Å². The molecule has 0 saturated heterocycles. The Morgan fingerprint density at radius 2 is 1.67 bits per heavy atom. The molecule has 1 aromatic rings. The van der Waals surface area contributed by atoms with Gasteiger partial charge in [0.05, 0.1) is 26.2 Å². The lowest BCUT2D eigenvalue weighted by Crippen LogP contribution is -2.47. The number of rotatable bonds is 10. The van der Waals surface area contributed by atoms with Crippen molar-refractivity contribution >= 4 is 40.8 Å². The number of thiophene rings is 1. The largest absolute Gasteiger partial charge is 0.469 e. The maximum absolute atomic E-state index is 12.1. The predicted octanol–water partition coefficient (Wildman–Crippen LogP) is 0.271. The minimum absolute atomic E-state index is 0.0368. The van der Waals surface area contributed by atoms with Crippen molar-refractivity contribution in [1.82, 2.24) is 0 Å². The number of nitriles is 1. The summed E-state index contributed by atoms with van der Waals surface area (Å²) in [6.07, 6.45) is -2.17. The summed E-state index contributed by atoms with van der Waals surface area (Å²) in [6, 6.07) is 1.89. The summed E-state index contributed by atoms with van der Waals surface area (Å²) in [5.41, 5.74) is -0.0405. The number of aldehydes is 2. The van der Waals surface area contributed by atoms with Gasteiger partial charge in [0.15, 0.2) is 25.0 Å². The molecular formula is C16H18N2O8S. The van der Waals surface area contributed by atoms with Crippen molar-refractivity contribution in [3.63, 3.8) is 0 Å². The summed E-state index contributed by atoms with van der Waals surface area (Å²) in [4.78, 5) is 47.7. The van der Waals surface area contributed by atoms with Crippen molar-refractivity contribution in [3.8, 4) is 6.07 Å². The van der Waals surface area contributed by atoms with Crippen LogP contribution in [-0.2, 0) is 39.8 Å². The molecule has 10 nitrogen and oxygen atoms in total. The summed E-state index contributed by atoms with van der Waals surface area (Å²) < 4.78 is 19.4. The van der Waals surface area contributed by atoms with Gasteiger partial charge in [-0.05, 0) is 0 Å². The standard InChI is InChI=1S/C16H18N2O8S/c1-23-11(7-19)18(12(8-20)24-2)15-10(6-17)9(5-13(21)25-3)14(27-15)16(22)26-4/h7-8,11-12H,5H2,1-4H3. The molecule has 1 aromatic heterocycles. The van der Waals surface area contributed by atoms with Crippen LogP contribution in [0.25, 0.3) is 0 Å². The minimum Gasteiger partial charge on any atom is -0.469 e. The number of hydrogen-bond acceptors (Lipinski definition) is 11. The Morgan fingerprint density at radius 3 is 2.04 bits per heavy atom. The first-order valence-electron chi connectivity index (χ1n) is 7.39. The highest BCUT2D eigenvalue weighted by Crippen LogP contribution is 2.38. The molecule has 11 heteroatoms. The lowest BCUT2D eigenvalue weighted by atomic mass is 10.1. The smallest absolute Gasteiger partial charge is 0.348 e. The van der Waals surface area contributed by atoms with Gasteiger partial charge in [-0.2, -0.15) is 5.26 Å². The molecule has 0 aliphatic heterocycles. The normalized spacial score (nSPS) is 12.4. The topological polar surface area (TPSA) is 132 Å². The number of anilines is 1. The average Bonchev–Trinajstić information content (AvgIpc) is 3.05. The van der Waals surface area contributed by atoms with Crippen LogP contribution >= 0.6 is 11.3 Å². The number of hydrogen-bond donors (Lipinski definition) is 0. The van der Waals surface area contributed by atoms with E-state index < -0.39 is 24.4 Å². The van der Waals surface area contributed by atoms with Gasteiger partial charge in [0.1, 0.15) is 15.9 Å². The third kappa shape index (κ3) is 4.68. The Labute approximate surface area is 159 Å². The molecule has 0 aromatic carbocycles. The van der Waals surface area contributed by atoms with Crippen LogP contribution in [0.3, 0.4) is 0 Å². The van der Waals surface area contributed by atoms with Crippen LogP contribution in [-0.4, -0.2) is 65.4 Å². The van der Waals surface area contributed by atoms with Crippen LogP contribution < -0.4 is 4.90 Å². The molecule has 1 rings (SSSR count). The van der Waals surface area contributed by atoms with Crippen molar-refractivity contribution in [2.24, 2.45) is 0 Å². The van der Waals surface area contributed by atoms with E-state index in [1.807, 2.05) is 6.07 Å². The van der Waals surface area contributed by atoms with Gasteiger partial charge in [0.2, 0.25) is 0 Å². The van der Waals surface area contributed by atoms with Crippen LogP contribution in [0.15, 0.2) is 0 Å². The first-order valence-corrected chi connectivity index (χ1v) is 8.20. The Morgan fingerprint density at radius 1 is 1.11 bits per heavy atom. The molecule has 0 fully saturated rings. The van der Waals surface area contributed by atoms with Gasteiger partial charge >= 0.3 is 11.9 Å². The number of carbonyl (C=O) groups excluding carboxylic acids is 4. The van der Waals surface area contributed by atoms with E-state index in [-0.39, 0.29) is 27.4 Å². The number of carbonyl (C=O) groups is 4. The molecule has 146 valence electrons. The lowest BCUT2D eigenvalue weighted by Gasteiger charge is -2.31. The van der Waals surface area contributed by atoms with Crippen molar-refractivity contribution < 1.29 is 38.1 Å². The second-order valence-corrected chi connectivity index (χ2v) is 5.88. The van der Waals surface area contributed by atoms with E-state index in [2.05, 4.69) is 4.74 Å². The highest BCUT2D eigenvalue weighted by atomic mass is 32.1. The zero-order valence-corrected chi connectivity index (χ0v) is 15.9. The van der Waals surface area contributed by atoms with Gasteiger partial charge in [-0.25, -0.2) is 4.79 Å². The van der Waals surface area contributed by atoms with Gasteiger partial charge in [-0.1, -0.05) is 0 Å². The molecule has 0 saturated carbocycles. The van der Waals surface area contributed by atoms with Crippen LogP contribution in [0, 0.1) is 11.3 Å². The molecule has 0 spiro atoms. The number of esters is 2. The fourth-order valence-corrected chi connectivity index (χ4v) is 3.48.